The number of hydrogen-bond donors (Lipinski definition) is 2. The van der Waals surface area contributed by atoms with Gasteiger partial charge in [0.15, 0.2) is 0 Å². The van der Waals surface area contributed by atoms with Gasteiger partial charge in [0.1, 0.15) is 10.1 Å². The van der Waals surface area contributed by atoms with Crippen LogP contribution in [0.5, 0.6) is 0 Å². The van der Waals surface area contributed by atoms with Crippen LogP contribution >= 0.6 is 0 Å². The summed E-state index contributed by atoms with van der Waals surface area (Å²) in [5.74, 6) is 0. The highest BCUT2D eigenvalue weighted by molar-refractivity contribution is 7.85. The van der Waals surface area contributed by atoms with Gasteiger partial charge in [-0.3, -0.25) is 0 Å². The Morgan fingerprint density at radius 1 is 1.27 bits per heavy atom. The number of aryl methyl sites for hydroxylation is 1. The van der Waals surface area contributed by atoms with Crippen molar-refractivity contribution in [1.82, 2.24) is 6.15 Å². The first-order valence-electron chi connectivity index (χ1n) is 4.05. The Labute approximate surface area is 90.1 Å². The SMILES string of the molecule is CCO.Cc1ccc(S(=O)(=O)[O-])cc1.[NH4+]. The van der Waals surface area contributed by atoms with Gasteiger partial charge in [-0.05, 0) is 26.0 Å². The fourth-order valence-electron chi connectivity index (χ4n) is 0.705. The van der Waals surface area contributed by atoms with E-state index in [2.05, 4.69) is 0 Å². The predicted molar refractivity (Wildman–Crippen MR) is 57.9 cm³/mol. The number of benzene rings is 1. The van der Waals surface area contributed by atoms with Crippen molar-refractivity contribution in [3.63, 3.8) is 0 Å². The molecule has 1 rings (SSSR count). The van der Waals surface area contributed by atoms with Gasteiger partial charge in [0.05, 0.1) is 4.90 Å². The van der Waals surface area contributed by atoms with Crippen LogP contribution in [0.25, 0.3) is 0 Å². The summed E-state index contributed by atoms with van der Waals surface area (Å²) in [6.07, 6.45) is 0. The summed E-state index contributed by atoms with van der Waals surface area (Å²) in [5, 5.41) is 7.57. The molecular formula is C9H17NO4S. The van der Waals surface area contributed by atoms with E-state index in [1.54, 1.807) is 19.1 Å². The predicted octanol–water partition coefficient (Wildman–Crippen LogP) is 1.27. The second-order valence-corrected chi connectivity index (χ2v) is 3.96. The van der Waals surface area contributed by atoms with Crippen molar-refractivity contribution >= 4 is 10.1 Å². The molecule has 0 aliphatic rings. The third kappa shape index (κ3) is 7.03. The monoisotopic (exact) mass is 235 g/mol. The van der Waals surface area contributed by atoms with Gasteiger partial charge >= 0.3 is 0 Å². The van der Waals surface area contributed by atoms with Crippen molar-refractivity contribution < 1.29 is 18.1 Å². The van der Waals surface area contributed by atoms with Crippen molar-refractivity contribution in [1.29, 1.82) is 0 Å². The van der Waals surface area contributed by atoms with Crippen molar-refractivity contribution in [2.24, 2.45) is 0 Å². The molecule has 0 aromatic heterocycles. The second kappa shape index (κ2) is 7.36. The topological polar surface area (TPSA) is 114 Å². The van der Waals surface area contributed by atoms with E-state index in [0.29, 0.717) is 0 Å². The molecule has 0 saturated carbocycles. The third-order valence-corrected chi connectivity index (χ3v) is 2.16. The maximum absolute atomic E-state index is 10.4. The first kappa shape index (κ1) is 16.5. The molecular weight excluding hydrogens is 218 g/mol. The lowest BCUT2D eigenvalue weighted by Crippen LogP contribution is -1.97. The molecule has 88 valence electrons. The minimum absolute atomic E-state index is 0. The molecule has 0 atom stereocenters. The summed E-state index contributed by atoms with van der Waals surface area (Å²) in [5.41, 5.74) is 0.928. The summed E-state index contributed by atoms with van der Waals surface area (Å²) in [6, 6.07) is 5.78. The van der Waals surface area contributed by atoms with E-state index in [9.17, 15) is 13.0 Å². The number of rotatable bonds is 1. The Hall–Kier alpha value is -0.950. The van der Waals surface area contributed by atoms with Gasteiger partial charge in [-0.15, -0.1) is 0 Å². The van der Waals surface area contributed by atoms with E-state index in [4.69, 9.17) is 5.11 Å². The Morgan fingerprint density at radius 3 is 1.87 bits per heavy atom. The van der Waals surface area contributed by atoms with Crippen LogP contribution in [0.2, 0.25) is 0 Å². The average molecular weight is 235 g/mol. The molecule has 15 heavy (non-hydrogen) atoms. The lowest BCUT2D eigenvalue weighted by atomic mass is 10.2. The molecule has 5 nitrogen and oxygen atoms in total. The quantitative estimate of drug-likeness (QED) is 0.713. The zero-order valence-electron chi connectivity index (χ0n) is 9.10. The van der Waals surface area contributed by atoms with Gasteiger partial charge in [0, 0.05) is 6.61 Å². The van der Waals surface area contributed by atoms with E-state index in [-0.39, 0.29) is 17.7 Å². The number of aliphatic hydroxyl groups is 1. The fraction of sp³-hybridized carbons (Fsp3) is 0.333. The largest absolute Gasteiger partial charge is 0.744 e. The molecule has 5 N–H and O–H groups in total. The molecule has 0 fully saturated rings. The van der Waals surface area contributed by atoms with Gasteiger partial charge in [-0.25, -0.2) is 8.42 Å². The van der Waals surface area contributed by atoms with Gasteiger partial charge in [0.2, 0.25) is 0 Å². The smallest absolute Gasteiger partial charge is 0.124 e. The molecule has 1 aromatic rings. The molecule has 0 aliphatic heterocycles. The number of hydrogen-bond acceptors (Lipinski definition) is 4. The zero-order valence-corrected chi connectivity index (χ0v) is 9.91. The summed E-state index contributed by atoms with van der Waals surface area (Å²) in [6.45, 7) is 3.75. The summed E-state index contributed by atoms with van der Waals surface area (Å²) in [7, 11) is -4.27. The van der Waals surface area contributed by atoms with Gasteiger partial charge in [-0.2, -0.15) is 0 Å². The molecule has 0 unspecified atom stereocenters. The first-order valence-corrected chi connectivity index (χ1v) is 5.46. The highest BCUT2D eigenvalue weighted by atomic mass is 32.2. The number of quaternary nitrogens is 1. The van der Waals surface area contributed by atoms with Crippen LogP contribution < -0.4 is 6.15 Å². The maximum Gasteiger partial charge on any atom is 0.124 e. The summed E-state index contributed by atoms with van der Waals surface area (Å²) in [4.78, 5) is -0.178. The lowest BCUT2D eigenvalue weighted by molar-refractivity contribution is 0.318. The minimum atomic E-state index is -4.27. The Kier molecular flexibility index (Phi) is 8.08. The Morgan fingerprint density at radius 2 is 1.60 bits per heavy atom. The summed E-state index contributed by atoms with van der Waals surface area (Å²) >= 11 is 0. The van der Waals surface area contributed by atoms with Crippen LogP contribution in [-0.4, -0.2) is 24.7 Å². The van der Waals surface area contributed by atoms with Crippen LogP contribution in [0.1, 0.15) is 12.5 Å². The molecule has 0 spiro atoms. The van der Waals surface area contributed by atoms with Crippen LogP contribution in [-0.2, 0) is 10.1 Å². The standard InChI is InChI=1S/C7H8O3S.C2H6O.H3N/c1-6-2-4-7(5-3-6)11(8,9)10;1-2-3;/h2-5H,1H3,(H,8,9,10);3H,2H2,1H3;1H3. The van der Waals surface area contributed by atoms with Crippen molar-refractivity contribution in [2.75, 3.05) is 6.61 Å². The van der Waals surface area contributed by atoms with Gasteiger partial charge in [0.25, 0.3) is 0 Å². The Bertz CT molecular complexity index is 358. The van der Waals surface area contributed by atoms with E-state index in [1.807, 2.05) is 6.92 Å². The highest BCUT2D eigenvalue weighted by Gasteiger charge is 1.97. The van der Waals surface area contributed by atoms with E-state index < -0.39 is 10.1 Å². The lowest BCUT2D eigenvalue weighted by Gasteiger charge is -2.05. The average Bonchev–Trinajstić information content (AvgIpc) is 2.04. The molecule has 0 saturated heterocycles. The van der Waals surface area contributed by atoms with E-state index in [1.165, 1.54) is 12.1 Å². The molecule has 1 aromatic carbocycles. The molecule has 0 aliphatic carbocycles. The highest BCUT2D eigenvalue weighted by Crippen LogP contribution is 2.08. The van der Waals surface area contributed by atoms with Crippen LogP contribution in [0.3, 0.4) is 0 Å². The summed E-state index contributed by atoms with van der Waals surface area (Å²) < 4.78 is 31.2. The van der Waals surface area contributed by atoms with Gasteiger partial charge < -0.3 is 15.8 Å². The van der Waals surface area contributed by atoms with Crippen LogP contribution in [0.15, 0.2) is 29.2 Å². The van der Waals surface area contributed by atoms with E-state index >= 15 is 0 Å². The maximum atomic E-state index is 10.4. The van der Waals surface area contributed by atoms with Crippen molar-refractivity contribution in [2.45, 2.75) is 18.7 Å². The van der Waals surface area contributed by atoms with Gasteiger partial charge in [-0.1, -0.05) is 17.7 Å². The molecule has 6 heteroatoms. The van der Waals surface area contributed by atoms with Crippen molar-refractivity contribution in [3.8, 4) is 0 Å². The Balaban J connectivity index is 0. The van der Waals surface area contributed by atoms with Crippen molar-refractivity contribution in [3.05, 3.63) is 29.8 Å². The second-order valence-electron chi connectivity index (χ2n) is 2.58. The number of aliphatic hydroxyl groups excluding tert-OH is 1. The zero-order chi connectivity index (χ0) is 11.2. The first-order chi connectivity index (χ1) is 6.41. The third-order valence-electron chi connectivity index (χ3n) is 1.31. The van der Waals surface area contributed by atoms with E-state index in [0.717, 1.165) is 5.56 Å². The molecule has 0 amide bonds. The van der Waals surface area contributed by atoms with Crippen LogP contribution in [0, 0.1) is 6.92 Å². The normalized spacial score (nSPS) is 9.60. The minimum Gasteiger partial charge on any atom is -0.744 e. The fourth-order valence-corrected chi connectivity index (χ4v) is 1.17. The molecule has 0 bridgehead atoms. The molecule has 0 heterocycles. The molecule has 0 radical (unpaired) electrons. The van der Waals surface area contributed by atoms with Crippen LogP contribution in [0.4, 0.5) is 0 Å².